The lowest BCUT2D eigenvalue weighted by atomic mass is 10.0. The number of cyclic esters (lactones) is 1. The minimum atomic E-state index is -0.265. The van der Waals surface area contributed by atoms with Crippen LogP contribution in [-0.4, -0.2) is 18.4 Å². The van der Waals surface area contributed by atoms with Crippen molar-refractivity contribution in [1.29, 1.82) is 0 Å². The van der Waals surface area contributed by atoms with Gasteiger partial charge in [0.05, 0.1) is 0 Å². The SMILES string of the molecule is CC(C)=CCC/C(C)=C/CC/C(C)=C/CC/C(C)=C/C1=NCC(=O)O1. The molecule has 0 aromatic carbocycles. The highest BCUT2D eigenvalue weighted by atomic mass is 16.5. The van der Waals surface area contributed by atoms with Gasteiger partial charge in [0.2, 0.25) is 5.90 Å². The van der Waals surface area contributed by atoms with E-state index in [1.165, 1.54) is 22.3 Å². The van der Waals surface area contributed by atoms with Gasteiger partial charge in [0.25, 0.3) is 0 Å². The molecule has 138 valence electrons. The van der Waals surface area contributed by atoms with E-state index in [-0.39, 0.29) is 12.5 Å². The number of carbonyl (C=O) groups excluding carboxylic acids is 1. The first-order chi connectivity index (χ1) is 11.9. The number of ether oxygens (including phenoxy) is 1. The average Bonchev–Trinajstić information content (AvgIpc) is 2.91. The van der Waals surface area contributed by atoms with Crippen LogP contribution in [0.3, 0.4) is 0 Å². The Morgan fingerprint density at radius 3 is 1.88 bits per heavy atom. The molecule has 1 aliphatic rings. The number of rotatable bonds is 10. The summed E-state index contributed by atoms with van der Waals surface area (Å²) >= 11 is 0. The molecule has 3 heteroatoms. The predicted molar refractivity (Wildman–Crippen MR) is 107 cm³/mol. The minimum absolute atomic E-state index is 0.152. The third kappa shape index (κ3) is 10.5. The maximum Gasteiger partial charge on any atom is 0.334 e. The van der Waals surface area contributed by atoms with E-state index in [0.717, 1.165) is 38.5 Å². The van der Waals surface area contributed by atoms with Gasteiger partial charge in [-0.3, -0.25) is 0 Å². The lowest BCUT2D eigenvalue weighted by Crippen LogP contribution is -2.02. The largest absolute Gasteiger partial charge is 0.406 e. The molecule has 1 aliphatic heterocycles. The Hall–Kier alpha value is -1.90. The molecular weight excluding hydrogens is 310 g/mol. The molecule has 0 aromatic heterocycles. The summed E-state index contributed by atoms with van der Waals surface area (Å²) in [4.78, 5) is 15.0. The number of hydrogen-bond donors (Lipinski definition) is 0. The molecule has 1 rings (SSSR count). The number of hydrogen-bond acceptors (Lipinski definition) is 3. The fraction of sp³-hybridized carbons (Fsp3) is 0.545. The molecule has 0 atom stereocenters. The number of allylic oxidation sites excluding steroid dienone is 7. The van der Waals surface area contributed by atoms with Gasteiger partial charge in [-0.2, -0.15) is 0 Å². The van der Waals surface area contributed by atoms with Crippen LogP contribution in [0.4, 0.5) is 0 Å². The van der Waals surface area contributed by atoms with Gasteiger partial charge in [0.1, 0.15) is 6.54 Å². The second-order valence-corrected chi connectivity index (χ2v) is 7.12. The normalized spacial score (nSPS) is 16.0. The van der Waals surface area contributed by atoms with Crippen LogP contribution < -0.4 is 0 Å². The van der Waals surface area contributed by atoms with Gasteiger partial charge >= 0.3 is 5.97 Å². The zero-order valence-corrected chi connectivity index (χ0v) is 16.5. The van der Waals surface area contributed by atoms with Gasteiger partial charge in [-0.15, -0.1) is 0 Å². The van der Waals surface area contributed by atoms with Crippen molar-refractivity contribution < 1.29 is 9.53 Å². The summed E-state index contributed by atoms with van der Waals surface area (Å²) in [6.45, 7) is 10.9. The molecule has 0 unspecified atom stereocenters. The summed E-state index contributed by atoms with van der Waals surface area (Å²) in [6, 6.07) is 0. The summed E-state index contributed by atoms with van der Waals surface area (Å²) < 4.78 is 4.99. The lowest BCUT2D eigenvalue weighted by molar-refractivity contribution is -0.132. The Kier molecular flexibility index (Phi) is 9.83. The van der Waals surface area contributed by atoms with Crippen molar-refractivity contribution in [2.75, 3.05) is 6.54 Å². The number of carbonyl (C=O) groups is 1. The fourth-order valence-corrected chi connectivity index (χ4v) is 2.57. The first kappa shape index (κ1) is 21.1. The third-order valence-corrected chi connectivity index (χ3v) is 4.11. The Balaban J connectivity index is 2.26. The van der Waals surface area contributed by atoms with Crippen LogP contribution in [0, 0.1) is 0 Å². The van der Waals surface area contributed by atoms with Crippen molar-refractivity contribution in [1.82, 2.24) is 0 Å². The van der Waals surface area contributed by atoms with Crippen molar-refractivity contribution in [2.24, 2.45) is 4.99 Å². The van der Waals surface area contributed by atoms with E-state index in [2.05, 4.69) is 57.8 Å². The van der Waals surface area contributed by atoms with E-state index in [4.69, 9.17) is 4.74 Å². The summed E-state index contributed by atoms with van der Waals surface area (Å²) in [6.07, 6.45) is 15.4. The molecule has 25 heavy (non-hydrogen) atoms. The van der Waals surface area contributed by atoms with E-state index < -0.39 is 0 Å². The van der Waals surface area contributed by atoms with Crippen LogP contribution in [0.2, 0.25) is 0 Å². The van der Waals surface area contributed by atoms with Gasteiger partial charge in [0.15, 0.2) is 0 Å². The predicted octanol–water partition coefficient (Wildman–Crippen LogP) is 6.09. The van der Waals surface area contributed by atoms with Crippen molar-refractivity contribution >= 4 is 11.9 Å². The van der Waals surface area contributed by atoms with Crippen LogP contribution in [0.1, 0.15) is 73.1 Å². The van der Waals surface area contributed by atoms with E-state index in [0.29, 0.717) is 5.90 Å². The highest BCUT2D eigenvalue weighted by Crippen LogP contribution is 2.14. The van der Waals surface area contributed by atoms with E-state index >= 15 is 0 Å². The van der Waals surface area contributed by atoms with Crippen molar-refractivity contribution in [3.8, 4) is 0 Å². The number of esters is 1. The topological polar surface area (TPSA) is 38.7 Å². The van der Waals surface area contributed by atoms with E-state index in [1.54, 1.807) is 0 Å². The third-order valence-electron chi connectivity index (χ3n) is 4.11. The fourth-order valence-electron chi connectivity index (χ4n) is 2.57. The van der Waals surface area contributed by atoms with Gasteiger partial charge < -0.3 is 4.74 Å². The Labute approximate surface area is 153 Å². The molecule has 0 N–H and O–H groups in total. The van der Waals surface area contributed by atoms with Crippen molar-refractivity contribution in [2.45, 2.75) is 73.1 Å². The summed E-state index contributed by atoms with van der Waals surface area (Å²) in [5.74, 6) is 0.191. The Morgan fingerprint density at radius 1 is 0.880 bits per heavy atom. The monoisotopic (exact) mass is 343 g/mol. The van der Waals surface area contributed by atoms with Crippen molar-refractivity contribution in [3.05, 3.63) is 46.6 Å². The maximum absolute atomic E-state index is 11.0. The van der Waals surface area contributed by atoms with E-state index in [9.17, 15) is 4.79 Å². The molecule has 0 saturated carbocycles. The Bertz CT molecular complexity index is 600. The molecule has 1 heterocycles. The maximum atomic E-state index is 11.0. The molecule has 0 aromatic rings. The first-order valence-electron chi connectivity index (χ1n) is 9.23. The first-order valence-corrected chi connectivity index (χ1v) is 9.23. The van der Waals surface area contributed by atoms with Crippen LogP contribution >= 0.6 is 0 Å². The number of aliphatic imine (C=N–C) groups is 1. The van der Waals surface area contributed by atoms with Crippen molar-refractivity contribution in [3.63, 3.8) is 0 Å². The summed E-state index contributed by atoms with van der Waals surface area (Å²) in [7, 11) is 0. The summed E-state index contributed by atoms with van der Waals surface area (Å²) in [5, 5.41) is 0. The highest BCUT2D eigenvalue weighted by Gasteiger charge is 2.13. The smallest absolute Gasteiger partial charge is 0.334 e. The van der Waals surface area contributed by atoms with Gasteiger partial charge in [-0.1, -0.05) is 40.5 Å². The molecule has 0 amide bonds. The highest BCUT2D eigenvalue weighted by molar-refractivity contribution is 6.01. The number of nitrogens with zero attached hydrogens (tertiary/aromatic N) is 1. The van der Waals surface area contributed by atoms with Gasteiger partial charge in [-0.25, -0.2) is 9.79 Å². The quantitative estimate of drug-likeness (QED) is 0.356. The molecule has 0 radical (unpaired) electrons. The molecule has 0 fully saturated rings. The van der Waals surface area contributed by atoms with Gasteiger partial charge in [-0.05, 0) is 79.2 Å². The second-order valence-electron chi connectivity index (χ2n) is 7.12. The molecule has 0 saturated heterocycles. The van der Waals surface area contributed by atoms with E-state index in [1.807, 2.05) is 6.08 Å². The lowest BCUT2D eigenvalue weighted by Gasteiger charge is -2.02. The minimum Gasteiger partial charge on any atom is -0.406 e. The summed E-state index contributed by atoms with van der Waals surface area (Å²) in [5.41, 5.74) is 5.50. The molecule has 3 nitrogen and oxygen atoms in total. The zero-order chi connectivity index (χ0) is 18.7. The van der Waals surface area contributed by atoms with Gasteiger partial charge in [0, 0.05) is 0 Å². The molecule has 0 spiro atoms. The van der Waals surface area contributed by atoms with Crippen LogP contribution in [-0.2, 0) is 9.53 Å². The molecular formula is C22H33NO2. The molecule has 0 aliphatic carbocycles. The Morgan fingerprint density at radius 2 is 1.40 bits per heavy atom. The van der Waals surface area contributed by atoms with Crippen LogP contribution in [0.15, 0.2) is 51.6 Å². The molecule has 0 bridgehead atoms. The standard InChI is InChI=1S/C22H33NO2/c1-17(2)9-6-10-18(3)11-7-12-19(4)13-8-14-20(5)15-21-23-16-22(24)25-21/h9,11,13,15H,6-8,10,12,14,16H2,1-5H3/b18-11+,19-13+,20-15+. The zero-order valence-electron chi connectivity index (χ0n) is 16.5. The van der Waals surface area contributed by atoms with Crippen LogP contribution in [0.25, 0.3) is 0 Å². The second kappa shape index (κ2) is 11.6. The average molecular weight is 344 g/mol. The van der Waals surface area contributed by atoms with Crippen LogP contribution in [0.5, 0.6) is 0 Å².